The first-order chi connectivity index (χ1) is 9.79. The SMILES string of the molecule is COc1ccccc1C(=O)c1cccc(C2CCC2)c1. The third-order valence-electron chi connectivity index (χ3n) is 4.08. The molecule has 20 heavy (non-hydrogen) atoms. The minimum Gasteiger partial charge on any atom is -0.496 e. The highest BCUT2D eigenvalue weighted by Gasteiger charge is 2.21. The van der Waals surface area contributed by atoms with Crippen LogP contribution in [0.4, 0.5) is 0 Å². The van der Waals surface area contributed by atoms with Crippen molar-refractivity contribution in [3.8, 4) is 5.75 Å². The molecule has 0 aliphatic heterocycles. The number of rotatable bonds is 4. The summed E-state index contributed by atoms with van der Waals surface area (Å²) < 4.78 is 5.28. The monoisotopic (exact) mass is 266 g/mol. The Morgan fingerprint density at radius 1 is 1.10 bits per heavy atom. The van der Waals surface area contributed by atoms with Crippen molar-refractivity contribution in [1.29, 1.82) is 0 Å². The summed E-state index contributed by atoms with van der Waals surface area (Å²) in [7, 11) is 1.59. The molecule has 2 heteroatoms. The van der Waals surface area contributed by atoms with E-state index in [1.807, 2.05) is 42.5 Å². The molecule has 0 aromatic heterocycles. The van der Waals surface area contributed by atoms with E-state index in [-0.39, 0.29) is 5.78 Å². The maximum absolute atomic E-state index is 12.6. The summed E-state index contributed by atoms with van der Waals surface area (Å²) in [6, 6.07) is 15.4. The van der Waals surface area contributed by atoms with Gasteiger partial charge in [-0.1, -0.05) is 36.8 Å². The van der Waals surface area contributed by atoms with Crippen molar-refractivity contribution in [2.75, 3.05) is 7.11 Å². The average molecular weight is 266 g/mol. The summed E-state index contributed by atoms with van der Waals surface area (Å²) in [5.74, 6) is 1.30. The third kappa shape index (κ3) is 2.34. The maximum Gasteiger partial charge on any atom is 0.196 e. The van der Waals surface area contributed by atoms with Crippen LogP contribution >= 0.6 is 0 Å². The average Bonchev–Trinajstić information content (AvgIpc) is 2.45. The van der Waals surface area contributed by atoms with Crippen LogP contribution in [0.5, 0.6) is 5.75 Å². The number of methoxy groups -OCH3 is 1. The first kappa shape index (κ1) is 12.9. The third-order valence-corrected chi connectivity index (χ3v) is 4.08. The smallest absolute Gasteiger partial charge is 0.196 e. The van der Waals surface area contributed by atoms with Crippen LogP contribution in [0.25, 0.3) is 0 Å². The lowest BCUT2D eigenvalue weighted by molar-refractivity contribution is 0.103. The molecule has 0 bridgehead atoms. The van der Waals surface area contributed by atoms with Gasteiger partial charge >= 0.3 is 0 Å². The number of carbonyl (C=O) groups excluding carboxylic acids is 1. The molecular weight excluding hydrogens is 248 g/mol. The summed E-state index contributed by atoms with van der Waals surface area (Å²) in [5.41, 5.74) is 2.66. The Hall–Kier alpha value is -2.09. The summed E-state index contributed by atoms with van der Waals surface area (Å²) in [6.45, 7) is 0. The molecule has 2 nitrogen and oxygen atoms in total. The molecule has 0 radical (unpaired) electrons. The van der Waals surface area contributed by atoms with Gasteiger partial charge in [0.05, 0.1) is 12.7 Å². The Bertz CT molecular complexity index is 627. The van der Waals surface area contributed by atoms with Gasteiger partial charge in [-0.25, -0.2) is 0 Å². The van der Waals surface area contributed by atoms with E-state index in [9.17, 15) is 4.79 Å². The molecule has 0 saturated heterocycles. The topological polar surface area (TPSA) is 26.3 Å². The van der Waals surface area contributed by atoms with E-state index in [1.54, 1.807) is 7.11 Å². The molecule has 1 saturated carbocycles. The Labute approximate surface area is 119 Å². The number of para-hydroxylation sites is 1. The Kier molecular flexibility index (Phi) is 3.55. The van der Waals surface area contributed by atoms with Crippen LogP contribution in [0, 0.1) is 0 Å². The van der Waals surface area contributed by atoms with Crippen molar-refractivity contribution in [2.45, 2.75) is 25.2 Å². The summed E-state index contributed by atoms with van der Waals surface area (Å²) in [5, 5.41) is 0. The lowest BCUT2D eigenvalue weighted by Crippen LogP contribution is -2.10. The number of hydrogen-bond donors (Lipinski definition) is 0. The van der Waals surface area contributed by atoms with E-state index in [1.165, 1.54) is 24.8 Å². The van der Waals surface area contributed by atoms with Crippen LogP contribution in [0.3, 0.4) is 0 Å². The fourth-order valence-electron chi connectivity index (χ4n) is 2.66. The van der Waals surface area contributed by atoms with Gasteiger partial charge in [0.2, 0.25) is 0 Å². The summed E-state index contributed by atoms with van der Waals surface area (Å²) >= 11 is 0. The predicted molar refractivity (Wildman–Crippen MR) is 79.5 cm³/mol. The van der Waals surface area contributed by atoms with Gasteiger partial charge < -0.3 is 4.74 Å². The Morgan fingerprint density at radius 3 is 2.60 bits per heavy atom. The zero-order valence-corrected chi connectivity index (χ0v) is 11.6. The van der Waals surface area contributed by atoms with Gasteiger partial charge in [-0.3, -0.25) is 4.79 Å². The second kappa shape index (κ2) is 5.49. The zero-order valence-electron chi connectivity index (χ0n) is 11.6. The molecule has 3 rings (SSSR count). The van der Waals surface area contributed by atoms with E-state index < -0.39 is 0 Å². The van der Waals surface area contributed by atoms with Gasteiger partial charge in [0, 0.05) is 5.56 Å². The first-order valence-corrected chi connectivity index (χ1v) is 7.07. The molecule has 0 atom stereocenters. The molecule has 102 valence electrons. The molecule has 2 aromatic carbocycles. The Morgan fingerprint density at radius 2 is 1.90 bits per heavy atom. The molecule has 1 fully saturated rings. The van der Waals surface area contributed by atoms with Crippen LogP contribution in [0.2, 0.25) is 0 Å². The molecule has 2 aromatic rings. The molecule has 1 aliphatic carbocycles. The van der Waals surface area contributed by atoms with Gasteiger partial charge in [-0.2, -0.15) is 0 Å². The number of ketones is 1. The molecule has 0 unspecified atom stereocenters. The second-order valence-corrected chi connectivity index (χ2v) is 5.28. The Balaban J connectivity index is 1.93. The quantitative estimate of drug-likeness (QED) is 0.775. The van der Waals surface area contributed by atoms with Crippen molar-refractivity contribution >= 4 is 5.78 Å². The van der Waals surface area contributed by atoms with Crippen molar-refractivity contribution in [2.24, 2.45) is 0 Å². The fraction of sp³-hybridized carbons (Fsp3) is 0.278. The van der Waals surface area contributed by atoms with Gasteiger partial charge in [-0.15, -0.1) is 0 Å². The summed E-state index contributed by atoms with van der Waals surface area (Å²) in [6.07, 6.45) is 3.79. The second-order valence-electron chi connectivity index (χ2n) is 5.28. The number of benzene rings is 2. The highest BCUT2D eigenvalue weighted by atomic mass is 16.5. The molecule has 0 spiro atoms. The van der Waals surface area contributed by atoms with Crippen LogP contribution in [-0.2, 0) is 0 Å². The highest BCUT2D eigenvalue weighted by Crippen LogP contribution is 2.36. The number of carbonyl (C=O) groups is 1. The van der Waals surface area contributed by atoms with Gasteiger partial charge in [0.25, 0.3) is 0 Å². The van der Waals surface area contributed by atoms with E-state index >= 15 is 0 Å². The van der Waals surface area contributed by atoms with E-state index in [2.05, 4.69) is 6.07 Å². The van der Waals surface area contributed by atoms with Crippen LogP contribution < -0.4 is 4.74 Å². The molecule has 0 heterocycles. The van der Waals surface area contributed by atoms with Crippen molar-refractivity contribution in [3.05, 3.63) is 65.2 Å². The minimum atomic E-state index is 0.0311. The van der Waals surface area contributed by atoms with Crippen LogP contribution in [0.1, 0.15) is 46.7 Å². The fourth-order valence-corrected chi connectivity index (χ4v) is 2.66. The number of hydrogen-bond acceptors (Lipinski definition) is 2. The zero-order chi connectivity index (χ0) is 13.9. The van der Waals surface area contributed by atoms with Gasteiger partial charge in [-0.05, 0) is 42.5 Å². The lowest BCUT2D eigenvalue weighted by atomic mass is 9.79. The molecule has 0 amide bonds. The van der Waals surface area contributed by atoms with Crippen LogP contribution in [0.15, 0.2) is 48.5 Å². The lowest BCUT2D eigenvalue weighted by Gasteiger charge is -2.26. The van der Waals surface area contributed by atoms with E-state index in [0.717, 1.165) is 5.56 Å². The van der Waals surface area contributed by atoms with Crippen molar-refractivity contribution in [3.63, 3.8) is 0 Å². The maximum atomic E-state index is 12.6. The van der Waals surface area contributed by atoms with E-state index in [4.69, 9.17) is 4.74 Å². The van der Waals surface area contributed by atoms with E-state index in [0.29, 0.717) is 17.2 Å². The normalized spacial score (nSPS) is 14.7. The highest BCUT2D eigenvalue weighted by molar-refractivity contribution is 6.10. The summed E-state index contributed by atoms with van der Waals surface area (Å²) in [4.78, 5) is 12.6. The minimum absolute atomic E-state index is 0.0311. The molecule has 0 N–H and O–H groups in total. The van der Waals surface area contributed by atoms with Crippen LogP contribution in [-0.4, -0.2) is 12.9 Å². The van der Waals surface area contributed by atoms with Gasteiger partial charge in [0.1, 0.15) is 5.75 Å². The number of ether oxygens (including phenoxy) is 1. The van der Waals surface area contributed by atoms with Crippen molar-refractivity contribution in [1.82, 2.24) is 0 Å². The molecule has 1 aliphatic rings. The van der Waals surface area contributed by atoms with Gasteiger partial charge in [0.15, 0.2) is 5.78 Å². The predicted octanol–water partition coefficient (Wildman–Crippen LogP) is 4.19. The largest absolute Gasteiger partial charge is 0.496 e. The van der Waals surface area contributed by atoms with Crippen molar-refractivity contribution < 1.29 is 9.53 Å². The standard InChI is InChI=1S/C18H18O2/c1-20-17-11-3-2-10-16(17)18(19)15-9-5-8-14(12-15)13-6-4-7-13/h2-3,5,8-13H,4,6-7H2,1H3. The molecular formula is C18H18O2. The first-order valence-electron chi connectivity index (χ1n) is 7.07.